The number of carbonyl (C=O) groups is 1. The average Bonchev–Trinajstić information content (AvgIpc) is 2.84. The van der Waals surface area contributed by atoms with Gasteiger partial charge in [0, 0.05) is 0 Å². The summed E-state index contributed by atoms with van der Waals surface area (Å²) in [5.74, 6) is -0.594. The van der Waals surface area contributed by atoms with E-state index in [9.17, 15) is 9.90 Å². The van der Waals surface area contributed by atoms with Crippen molar-refractivity contribution in [2.45, 2.75) is 19.4 Å². The Kier molecular flexibility index (Phi) is 3.28. The number of aliphatic hydroxyl groups is 1. The molecule has 0 heterocycles. The average molecular weight is 268 g/mol. The predicted molar refractivity (Wildman–Crippen MR) is 76.3 cm³/mol. The lowest BCUT2D eigenvalue weighted by molar-refractivity contribution is -0.153. The Morgan fingerprint density at radius 3 is 2.75 bits per heavy atom. The van der Waals surface area contributed by atoms with Crippen molar-refractivity contribution in [3.63, 3.8) is 0 Å². The summed E-state index contributed by atoms with van der Waals surface area (Å²) in [5.41, 5.74) is 5.44. The van der Waals surface area contributed by atoms with Crippen molar-refractivity contribution < 1.29 is 14.6 Å². The molecule has 0 unspecified atom stereocenters. The number of rotatable bonds is 3. The van der Waals surface area contributed by atoms with E-state index in [0.717, 1.165) is 12.0 Å². The van der Waals surface area contributed by atoms with Crippen LogP contribution in [0, 0.1) is 0 Å². The molecule has 3 nitrogen and oxygen atoms in total. The molecule has 0 radical (unpaired) electrons. The molecule has 0 bridgehead atoms. The molecule has 0 saturated carbocycles. The summed E-state index contributed by atoms with van der Waals surface area (Å²) >= 11 is 0. The molecule has 1 aliphatic rings. The number of benzene rings is 2. The quantitative estimate of drug-likeness (QED) is 0.743. The van der Waals surface area contributed by atoms with Gasteiger partial charge in [0.05, 0.1) is 6.61 Å². The molecule has 1 N–H and O–H groups in total. The Balaban J connectivity index is 1.93. The lowest BCUT2D eigenvalue weighted by Gasteiger charge is -2.11. The van der Waals surface area contributed by atoms with E-state index >= 15 is 0 Å². The summed E-state index contributed by atoms with van der Waals surface area (Å²) in [4.78, 5) is 11.6. The minimum atomic E-state index is -1.20. The zero-order valence-electron chi connectivity index (χ0n) is 11.3. The number of aliphatic hydroxyl groups excluding tert-OH is 1. The molecule has 2 aromatic carbocycles. The van der Waals surface area contributed by atoms with Crippen LogP contribution in [-0.2, 0) is 16.0 Å². The second-order valence-corrected chi connectivity index (χ2v) is 4.91. The maximum Gasteiger partial charge on any atom is 0.339 e. The van der Waals surface area contributed by atoms with Gasteiger partial charge < -0.3 is 9.84 Å². The van der Waals surface area contributed by atoms with E-state index in [0.29, 0.717) is 5.56 Å². The number of fused-ring (bicyclic) bond motifs is 3. The van der Waals surface area contributed by atoms with Crippen LogP contribution in [-0.4, -0.2) is 17.7 Å². The van der Waals surface area contributed by atoms with Crippen LogP contribution in [0.15, 0.2) is 42.5 Å². The summed E-state index contributed by atoms with van der Waals surface area (Å²) in [6.45, 7) is 2.00. The zero-order chi connectivity index (χ0) is 14.1. The molecular formula is C17H16O3. The fraction of sp³-hybridized carbons (Fsp3) is 0.235. The van der Waals surface area contributed by atoms with Gasteiger partial charge in [-0.1, -0.05) is 42.5 Å². The van der Waals surface area contributed by atoms with E-state index in [2.05, 4.69) is 12.1 Å². The molecule has 102 valence electrons. The van der Waals surface area contributed by atoms with Gasteiger partial charge in [-0.15, -0.1) is 0 Å². The molecule has 20 heavy (non-hydrogen) atoms. The highest BCUT2D eigenvalue weighted by atomic mass is 16.5. The van der Waals surface area contributed by atoms with E-state index in [4.69, 9.17) is 4.74 Å². The van der Waals surface area contributed by atoms with Gasteiger partial charge >= 0.3 is 5.97 Å². The van der Waals surface area contributed by atoms with Gasteiger partial charge in [-0.05, 0) is 41.2 Å². The predicted octanol–water partition coefficient (Wildman–Crippen LogP) is 2.85. The van der Waals surface area contributed by atoms with Gasteiger partial charge in [0.15, 0.2) is 6.10 Å². The fourth-order valence-corrected chi connectivity index (χ4v) is 2.69. The molecule has 2 aromatic rings. The van der Waals surface area contributed by atoms with Crippen molar-refractivity contribution in [3.05, 3.63) is 59.2 Å². The molecule has 3 heteroatoms. The molecule has 1 aliphatic carbocycles. The van der Waals surface area contributed by atoms with Gasteiger partial charge in [-0.2, -0.15) is 0 Å². The first-order chi connectivity index (χ1) is 9.70. The molecule has 0 amide bonds. The third-order valence-electron chi connectivity index (χ3n) is 3.64. The molecule has 0 saturated heterocycles. The molecule has 1 atom stereocenters. The highest BCUT2D eigenvalue weighted by molar-refractivity contribution is 5.80. The maximum atomic E-state index is 11.6. The number of esters is 1. The SMILES string of the molecule is CCOC(=O)[C@@H](O)c1ccc2c(c1)Cc1ccccc1-2. The third kappa shape index (κ3) is 2.10. The van der Waals surface area contributed by atoms with Crippen molar-refractivity contribution in [3.8, 4) is 11.1 Å². The van der Waals surface area contributed by atoms with Gasteiger partial charge in [0.1, 0.15) is 0 Å². The standard InChI is InChI=1S/C17H16O3/c1-2-20-17(19)16(18)12-7-8-15-13(10-12)9-11-5-3-4-6-14(11)15/h3-8,10,16,18H,2,9H2,1H3/t16-/m0/s1. The van der Waals surface area contributed by atoms with Crippen LogP contribution < -0.4 is 0 Å². The first-order valence-corrected chi connectivity index (χ1v) is 6.76. The minimum Gasteiger partial charge on any atom is -0.464 e. The van der Waals surface area contributed by atoms with E-state index in [1.54, 1.807) is 13.0 Å². The molecule has 0 fully saturated rings. The number of hydrogen-bond acceptors (Lipinski definition) is 3. The highest BCUT2D eigenvalue weighted by Gasteiger charge is 2.23. The van der Waals surface area contributed by atoms with Gasteiger partial charge in [-0.25, -0.2) is 4.79 Å². The smallest absolute Gasteiger partial charge is 0.339 e. The topological polar surface area (TPSA) is 46.5 Å². The third-order valence-corrected chi connectivity index (χ3v) is 3.64. The second-order valence-electron chi connectivity index (χ2n) is 4.91. The van der Waals surface area contributed by atoms with E-state index in [-0.39, 0.29) is 6.61 Å². The Bertz CT molecular complexity index is 661. The minimum absolute atomic E-state index is 0.270. The van der Waals surface area contributed by atoms with Crippen LogP contribution in [0.25, 0.3) is 11.1 Å². The number of carbonyl (C=O) groups excluding carboxylic acids is 1. The maximum absolute atomic E-state index is 11.6. The summed E-state index contributed by atoms with van der Waals surface area (Å²) in [7, 11) is 0. The number of ether oxygens (including phenoxy) is 1. The van der Waals surface area contributed by atoms with Crippen molar-refractivity contribution in [2.24, 2.45) is 0 Å². The second kappa shape index (κ2) is 5.10. The Morgan fingerprint density at radius 1 is 1.20 bits per heavy atom. The lowest BCUT2D eigenvalue weighted by atomic mass is 10.0. The normalized spacial score (nSPS) is 13.5. The molecular weight excluding hydrogens is 252 g/mol. The van der Waals surface area contributed by atoms with Gasteiger partial charge in [0.2, 0.25) is 0 Å². The highest BCUT2D eigenvalue weighted by Crippen LogP contribution is 2.37. The van der Waals surface area contributed by atoms with Crippen LogP contribution >= 0.6 is 0 Å². The van der Waals surface area contributed by atoms with Crippen molar-refractivity contribution >= 4 is 5.97 Å². The lowest BCUT2D eigenvalue weighted by Crippen LogP contribution is -2.15. The number of hydrogen-bond donors (Lipinski definition) is 1. The first kappa shape index (κ1) is 12.9. The summed E-state index contributed by atoms with van der Waals surface area (Å²) in [6.07, 6.45) is -0.363. The van der Waals surface area contributed by atoms with E-state index in [1.165, 1.54) is 16.7 Å². The van der Waals surface area contributed by atoms with Crippen LogP contribution in [0.3, 0.4) is 0 Å². The molecule has 0 aromatic heterocycles. The van der Waals surface area contributed by atoms with Crippen LogP contribution in [0.1, 0.15) is 29.7 Å². The van der Waals surface area contributed by atoms with Crippen molar-refractivity contribution in [1.82, 2.24) is 0 Å². The Labute approximate surface area is 117 Å². The Hall–Kier alpha value is -2.13. The van der Waals surface area contributed by atoms with E-state index < -0.39 is 12.1 Å². The van der Waals surface area contributed by atoms with E-state index in [1.807, 2.05) is 24.3 Å². The van der Waals surface area contributed by atoms with Gasteiger partial charge in [0.25, 0.3) is 0 Å². The van der Waals surface area contributed by atoms with Crippen LogP contribution in [0.5, 0.6) is 0 Å². The molecule has 0 spiro atoms. The first-order valence-electron chi connectivity index (χ1n) is 6.76. The zero-order valence-corrected chi connectivity index (χ0v) is 11.3. The summed E-state index contributed by atoms with van der Waals surface area (Å²) in [5, 5.41) is 9.99. The van der Waals surface area contributed by atoms with Crippen LogP contribution in [0.2, 0.25) is 0 Å². The van der Waals surface area contributed by atoms with Crippen molar-refractivity contribution in [1.29, 1.82) is 0 Å². The van der Waals surface area contributed by atoms with Crippen LogP contribution in [0.4, 0.5) is 0 Å². The molecule has 0 aliphatic heterocycles. The monoisotopic (exact) mass is 268 g/mol. The summed E-state index contributed by atoms with van der Waals surface area (Å²) in [6, 6.07) is 13.9. The fourth-order valence-electron chi connectivity index (χ4n) is 2.69. The largest absolute Gasteiger partial charge is 0.464 e. The summed E-state index contributed by atoms with van der Waals surface area (Å²) < 4.78 is 4.85. The van der Waals surface area contributed by atoms with Crippen molar-refractivity contribution in [2.75, 3.05) is 6.61 Å². The molecule has 3 rings (SSSR count). The Morgan fingerprint density at radius 2 is 1.95 bits per heavy atom. The van der Waals surface area contributed by atoms with Gasteiger partial charge in [-0.3, -0.25) is 0 Å².